The molecule has 0 spiro atoms. The van der Waals surface area contributed by atoms with Crippen LogP contribution in [0.4, 0.5) is 0 Å². The van der Waals surface area contributed by atoms with Crippen LogP contribution in [0, 0.1) is 0 Å². The van der Waals surface area contributed by atoms with Crippen LogP contribution in [0.2, 0.25) is 10.0 Å². The minimum Gasteiger partial charge on any atom is -0.294 e. The fourth-order valence-electron chi connectivity index (χ4n) is 2.55. The molecule has 10 heteroatoms. The van der Waals surface area contributed by atoms with E-state index in [0.717, 1.165) is 0 Å². The summed E-state index contributed by atoms with van der Waals surface area (Å²) in [5.74, 6) is -2.60. The lowest BCUT2D eigenvalue weighted by molar-refractivity contribution is -0.258. The van der Waals surface area contributed by atoms with Crippen molar-refractivity contribution >= 4 is 69.9 Å². The van der Waals surface area contributed by atoms with Crippen molar-refractivity contribution in [2.75, 3.05) is 0 Å². The van der Waals surface area contributed by atoms with Crippen LogP contribution in [0.5, 0.6) is 0 Å². The maximum absolute atomic E-state index is 12.1. The van der Waals surface area contributed by atoms with Gasteiger partial charge in [0, 0.05) is 34.0 Å². The van der Waals surface area contributed by atoms with Crippen molar-refractivity contribution in [3.8, 4) is 0 Å². The number of Topliss-reactive ketones (excluding diaryl/α,β-unsaturated/α-hetero) is 2. The topological polar surface area (TPSA) is 86.7 Å². The number of alkyl halides is 2. The van der Waals surface area contributed by atoms with Gasteiger partial charge >= 0.3 is 11.9 Å². The highest BCUT2D eigenvalue weighted by Gasteiger charge is 2.25. The molecule has 0 N–H and O–H groups in total. The first-order valence-electron chi connectivity index (χ1n) is 9.45. The molecule has 0 aliphatic heterocycles. The fourth-order valence-corrected chi connectivity index (χ4v) is 3.22. The normalized spacial score (nSPS) is 12.5. The smallest absolute Gasteiger partial charge is 0.294 e. The van der Waals surface area contributed by atoms with Gasteiger partial charge in [0.05, 0.1) is 0 Å². The molecular formula is C22H18Cl4O6. The lowest BCUT2D eigenvalue weighted by Crippen LogP contribution is -2.25. The van der Waals surface area contributed by atoms with Gasteiger partial charge in [-0.1, -0.05) is 47.5 Å². The zero-order valence-corrected chi connectivity index (χ0v) is 19.6. The Bertz CT molecular complexity index is 914. The molecule has 0 amide bonds. The maximum atomic E-state index is 12.1. The first-order chi connectivity index (χ1) is 15.2. The van der Waals surface area contributed by atoms with Crippen molar-refractivity contribution in [3.63, 3.8) is 0 Å². The van der Waals surface area contributed by atoms with Gasteiger partial charge in [-0.25, -0.2) is 19.4 Å². The fraction of sp³-hybridized carbons (Fsp3) is 0.273. The van der Waals surface area contributed by atoms with Gasteiger partial charge in [0.1, 0.15) is 10.8 Å². The summed E-state index contributed by atoms with van der Waals surface area (Å²) < 4.78 is 0. The summed E-state index contributed by atoms with van der Waals surface area (Å²) in [5, 5.41) is -1.61. The summed E-state index contributed by atoms with van der Waals surface area (Å²) in [5.41, 5.74) is 0.775. The van der Waals surface area contributed by atoms with E-state index in [4.69, 9.17) is 46.4 Å². The van der Waals surface area contributed by atoms with Gasteiger partial charge in [0.25, 0.3) is 0 Å². The highest BCUT2D eigenvalue weighted by molar-refractivity contribution is 6.32. The van der Waals surface area contributed by atoms with Crippen molar-refractivity contribution in [1.29, 1.82) is 0 Å². The Kier molecular flexibility index (Phi) is 10.5. The summed E-state index contributed by atoms with van der Waals surface area (Å²) in [7, 11) is 0. The molecular weight excluding hydrogens is 502 g/mol. The van der Waals surface area contributed by atoms with E-state index in [1.807, 2.05) is 0 Å². The van der Waals surface area contributed by atoms with E-state index in [-0.39, 0.29) is 37.2 Å². The molecule has 2 aromatic rings. The summed E-state index contributed by atoms with van der Waals surface area (Å²) in [6, 6.07) is 12.7. The molecule has 32 heavy (non-hydrogen) atoms. The Morgan fingerprint density at radius 1 is 0.688 bits per heavy atom. The van der Waals surface area contributed by atoms with Crippen molar-refractivity contribution in [2.24, 2.45) is 0 Å². The molecule has 0 fully saturated rings. The molecule has 6 nitrogen and oxygen atoms in total. The van der Waals surface area contributed by atoms with Gasteiger partial charge in [-0.2, -0.15) is 0 Å². The maximum Gasteiger partial charge on any atom is 0.373 e. The molecule has 0 aliphatic rings. The first kappa shape index (κ1) is 26.1. The number of hydrogen-bond acceptors (Lipinski definition) is 6. The Hall–Kier alpha value is -2.12. The molecule has 170 valence electrons. The van der Waals surface area contributed by atoms with Crippen LogP contribution < -0.4 is 0 Å². The van der Waals surface area contributed by atoms with Crippen LogP contribution >= 0.6 is 46.4 Å². The summed E-state index contributed by atoms with van der Waals surface area (Å²) >= 11 is 23.5. The van der Waals surface area contributed by atoms with E-state index < -0.39 is 22.7 Å². The predicted molar refractivity (Wildman–Crippen MR) is 121 cm³/mol. The third-order valence-electron chi connectivity index (χ3n) is 4.26. The average Bonchev–Trinajstić information content (AvgIpc) is 2.78. The molecule has 0 radical (unpaired) electrons. The second-order valence-electron chi connectivity index (χ2n) is 6.68. The molecule has 0 saturated heterocycles. The van der Waals surface area contributed by atoms with Crippen LogP contribution in [0.25, 0.3) is 0 Å². The molecule has 0 aromatic heterocycles. The largest absolute Gasteiger partial charge is 0.373 e. The lowest BCUT2D eigenvalue weighted by Gasteiger charge is -2.10. The Balaban J connectivity index is 1.72. The van der Waals surface area contributed by atoms with Crippen LogP contribution in [-0.2, 0) is 19.4 Å². The molecule has 0 saturated carbocycles. The number of hydrogen-bond donors (Lipinski definition) is 0. The quantitative estimate of drug-likeness (QED) is 0.170. The Labute approximate surface area is 204 Å². The van der Waals surface area contributed by atoms with Crippen LogP contribution in [0.1, 0.15) is 46.4 Å². The highest BCUT2D eigenvalue weighted by atomic mass is 35.5. The minimum absolute atomic E-state index is 0.0400. The van der Waals surface area contributed by atoms with Crippen LogP contribution in [0.15, 0.2) is 48.5 Å². The van der Waals surface area contributed by atoms with E-state index in [1.165, 1.54) is 12.1 Å². The number of ketones is 2. The summed E-state index contributed by atoms with van der Waals surface area (Å²) in [6.45, 7) is 0. The number of carbonyl (C=O) groups excluding carboxylic acids is 4. The molecule has 2 unspecified atom stereocenters. The Morgan fingerprint density at radius 2 is 1.06 bits per heavy atom. The molecule has 2 rings (SSSR count). The SMILES string of the molecule is O=C(CCC(Cl)C(=O)OOC(=O)C(Cl)CCC(=O)c1cccc(Cl)c1)c1cccc(Cl)c1. The van der Waals surface area contributed by atoms with Gasteiger partial charge in [-0.05, 0) is 37.1 Å². The van der Waals surface area contributed by atoms with E-state index >= 15 is 0 Å². The van der Waals surface area contributed by atoms with Crippen molar-refractivity contribution < 1.29 is 29.0 Å². The molecule has 0 aliphatic carbocycles. The van der Waals surface area contributed by atoms with Crippen molar-refractivity contribution in [1.82, 2.24) is 0 Å². The van der Waals surface area contributed by atoms with E-state index in [0.29, 0.717) is 21.2 Å². The monoisotopic (exact) mass is 518 g/mol. The van der Waals surface area contributed by atoms with E-state index in [9.17, 15) is 19.2 Å². The molecule has 0 bridgehead atoms. The van der Waals surface area contributed by atoms with Crippen LogP contribution in [-0.4, -0.2) is 34.3 Å². The second kappa shape index (κ2) is 12.8. The van der Waals surface area contributed by atoms with Crippen LogP contribution in [0.3, 0.4) is 0 Å². The average molecular weight is 520 g/mol. The van der Waals surface area contributed by atoms with E-state index in [2.05, 4.69) is 9.78 Å². The summed E-state index contributed by atoms with van der Waals surface area (Å²) in [4.78, 5) is 56.8. The molecule has 2 aromatic carbocycles. The lowest BCUT2D eigenvalue weighted by atomic mass is 10.1. The third kappa shape index (κ3) is 8.43. The second-order valence-corrected chi connectivity index (χ2v) is 8.61. The zero-order valence-electron chi connectivity index (χ0n) is 16.6. The number of benzene rings is 2. The number of carbonyl (C=O) groups is 4. The van der Waals surface area contributed by atoms with Gasteiger partial charge in [-0.3, -0.25) is 9.59 Å². The van der Waals surface area contributed by atoms with Crippen molar-refractivity contribution in [3.05, 3.63) is 69.7 Å². The van der Waals surface area contributed by atoms with E-state index in [1.54, 1.807) is 36.4 Å². The first-order valence-corrected chi connectivity index (χ1v) is 11.1. The molecule has 0 heterocycles. The highest BCUT2D eigenvalue weighted by Crippen LogP contribution is 2.18. The zero-order chi connectivity index (χ0) is 23.7. The van der Waals surface area contributed by atoms with Gasteiger partial charge < -0.3 is 0 Å². The summed E-state index contributed by atoms with van der Waals surface area (Å²) in [6.07, 6.45) is -0.161. The van der Waals surface area contributed by atoms with Gasteiger partial charge in [0.15, 0.2) is 11.6 Å². The predicted octanol–water partition coefficient (Wildman–Crippen LogP) is 5.84. The van der Waals surface area contributed by atoms with Gasteiger partial charge in [0.2, 0.25) is 0 Å². The number of rotatable bonds is 10. The number of halogens is 4. The van der Waals surface area contributed by atoms with Crippen molar-refractivity contribution in [2.45, 2.75) is 36.4 Å². The standard InChI is InChI=1S/C22H18Cl4O6/c23-15-5-1-3-13(11-15)19(27)9-7-17(25)21(29)31-32-22(30)18(26)8-10-20(28)14-4-2-6-16(24)12-14/h1-6,11-12,17-18H,7-10H2. The minimum atomic E-state index is -1.22. The third-order valence-corrected chi connectivity index (χ3v) is 5.52. The molecule has 2 atom stereocenters. The van der Waals surface area contributed by atoms with Gasteiger partial charge in [-0.15, -0.1) is 23.2 Å². The Morgan fingerprint density at radius 3 is 1.41 bits per heavy atom.